The van der Waals surface area contributed by atoms with Crippen molar-refractivity contribution in [2.24, 2.45) is 5.73 Å². The normalized spacial score (nSPS) is 10.2. The van der Waals surface area contributed by atoms with E-state index in [0.717, 1.165) is 0 Å². The van der Waals surface area contributed by atoms with Gasteiger partial charge in [-0.15, -0.1) is 0 Å². The van der Waals surface area contributed by atoms with Crippen LogP contribution >= 0.6 is 11.6 Å². The molecule has 2 amide bonds. The molecule has 30 heavy (non-hydrogen) atoms. The highest BCUT2D eigenvalue weighted by Crippen LogP contribution is 2.24. The fourth-order valence-corrected chi connectivity index (χ4v) is 2.69. The predicted molar refractivity (Wildman–Crippen MR) is 116 cm³/mol. The standard InChI is InChI=1S/C21H18ClN5O3/c1-30-15-7-8-17(26-20(28)13-4-2-12(3-5-13)19(23)24)16(10-15)21(29)27-18-9-6-14(22)11-25-18/h2-11H,1H3,(H3,23,24)(H,26,28)(H,25,27,29). The Morgan fingerprint density at radius 2 is 1.70 bits per heavy atom. The summed E-state index contributed by atoms with van der Waals surface area (Å²) in [6.07, 6.45) is 1.41. The van der Waals surface area contributed by atoms with Crippen LogP contribution in [-0.4, -0.2) is 29.7 Å². The number of hydrogen-bond acceptors (Lipinski definition) is 5. The number of halogens is 1. The fraction of sp³-hybridized carbons (Fsp3) is 0.0476. The summed E-state index contributed by atoms with van der Waals surface area (Å²) in [5, 5.41) is 13.2. The largest absolute Gasteiger partial charge is 0.497 e. The van der Waals surface area contributed by atoms with Crippen molar-refractivity contribution in [2.75, 3.05) is 17.7 Å². The molecule has 1 heterocycles. The zero-order valence-corrected chi connectivity index (χ0v) is 16.7. The second-order valence-electron chi connectivity index (χ2n) is 6.17. The fourth-order valence-electron chi connectivity index (χ4n) is 2.58. The zero-order chi connectivity index (χ0) is 21.7. The van der Waals surface area contributed by atoms with Crippen LogP contribution < -0.4 is 21.1 Å². The second kappa shape index (κ2) is 9.06. The first-order valence-corrected chi connectivity index (χ1v) is 9.12. The minimum Gasteiger partial charge on any atom is -0.497 e. The molecule has 0 aliphatic rings. The number of hydrogen-bond donors (Lipinski definition) is 4. The van der Waals surface area contributed by atoms with Gasteiger partial charge in [0.05, 0.1) is 23.4 Å². The molecule has 0 atom stereocenters. The van der Waals surface area contributed by atoms with E-state index in [1.807, 2.05) is 0 Å². The third kappa shape index (κ3) is 4.92. The lowest BCUT2D eigenvalue weighted by Crippen LogP contribution is -2.19. The van der Waals surface area contributed by atoms with E-state index in [9.17, 15) is 9.59 Å². The molecule has 0 unspecified atom stereocenters. The van der Waals surface area contributed by atoms with E-state index in [1.54, 1.807) is 48.5 Å². The highest BCUT2D eigenvalue weighted by Gasteiger charge is 2.17. The lowest BCUT2D eigenvalue weighted by Gasteiger charge is -2.13. The molecule has 3 aromatic rings. The molecule has 5 N–H and O–H groups in total. The van der Waals surface area contributed by atoms with Gasteiger partial charge < -0.3 is 21.1 Å². The smallest absolute Gasteiger partial charge is 0.259 e. The molecule has 0 fully saturated rings. The van der Waals surface area contributed by atoms with Crippen molar-refractivity contribution in [1.29, 1.82) is 5.41 Å². The number of carbonyl (C=O) groups excluding carboxylic acids is 2. The summed E-state index contributed by atoms with van der Waals surface area (Å²) < 4.78 is 5.19. The Morgan fingerprint density at radius 3 is 2.30 bits per heavy atom. The van der Waals surface area contributed by atoms with Gasteiger partial charge in [-0.2, -0.15) is 0 Å². The average Bonchev–Trinajstić information content (AvgIpc) is 2.75. The highest BCUT2D eigenvalue weighted by atomic mass is 35.5. The highest BCUT2D eigenvalue weighted by molar-refractivity contribution is 6.30. The Morgan fingerprint density at radius 1 is 1.00 bits per heavy atom. The van der Waals surface area contributed by atoms with Crippen molar-refractivity contribution < 1.29 is 14.3 Å². The van der Waals surface area contributed by atoms with Gasteiger partial charge in [-0.05, 0) is 42.5 Å². The van der Waals surface area contributed by atoms with Crippen LogP contribution in [-0.2, 0) is 0 Å². The van der Waals surface area contributed by atoms with Crippen LogP contribution in [0.5, 0.6) is 5.75 Å². The Labute approximate surface area is 177 Å². The molecule has 9 heteroatoms. The summed E-state index contributed by atoms with van der Waals surface area (Å²) >= 11 is 5.81. The quantitative estimate of drug-likeness (QED) is 0.356. The third-order valence-corrected chi connectivity index (χ3v) is 4.37. The number of amidine groups is 1. The Kier molecular flexibility index (Phi) is 6.29. The summed E-state index contributed by atoms with van der Waals surface area (Å²) in [5.74, 6) is -0.232. The first-order chi connectivity index (χ1) is 14.4. The molecule has 0 radical (unpaired) electrons. The number of methoxy groups -OCH3 is 1. The molecule has 0 saturated heterocycles. The number of nitrogen functional groups attached to an aromatic ring is 1. The molecule has 1 aromatic heterocycles. The molecule has 152 valence electrons. The first-order valence-electron chi connectivity index (χ1n) is 8.74. The van der Waals surface area contributed by atoms with Crippen molar-refractivity contribution >= 4 is 40.8 Å². The minimum atomic E-state index is -0.481. The van der Waals surface area contributed by atoms with E-state index in [4.69, 9.17) is 27.5 Å². The van der Waals surface area contributed by atoms with Crippen molar-refractivity contribution in [1.82, 2.24) is 4.98 Å². The van der Waals surface area contributed by atoms with Crippen molar-refractivity contribution in [2.45, 2.75) is 0 Å². The number of nitrogens with two attached hydrogens (primary N) is 1. The molecular formula is C21H18ClN5O3. The van der Waals surface area contributed by atoms with Gasteiger partial charge in [-0.1, -0.05) is 23.7 Å². The molecule has 0 aliphatic heterocycles. The van der Waals surface area contributed by atoms with Crippen molar-refractivity contribution in [3.8, 4) is 5.75 Å². The topological polar surface area (TPSA) is 130 Å². The first kappa shape index (κ1) is 20.8. The lowest BCUT2D eigenvalue weighted by molar-refractivity contribution is 0.102. The number of anilines is 2. The number of rotatable bonds is 6. The molecular weight excluding hydrogens is 406 g/mol. The second-order valence-corrected chi connectivity index (χ2v) is 6.61. The molecule has 0 bridgehead atoms. The van der Waals surface area contributed by atoms with E-state index in [1.165, 1.54) is 19.4 Å². The number of carbonyl (C=O) groups is 2. The average molecular weight is 424 g/mol. The van der Waals surface area contributed by atoms with E-state index >= 15 is 0 Å². The van der Waals surface area contributed by atoms with Crippen LogP contribution in [0.3, 0.4) is 0 Å². The summed E-state index contributed by atoms with van der Waals surface area (Å²) in [4.78, 5) is 29.5. The Bertz CT molecular complexity index is 1100. The number of nitrogens with zero attached hydrogens (tertiary/aromatic N) is 1. The third-order valence-electron chi connectivity index (χ3n) is 4.15. The maximum atomic E-state index is 12.8. The zero-order valence-electron chi connectivity index (χ0n) is 15.9. The number of amides is 2. The number of aromatic nitrogens is 1. The van der Waals surface area contributed by atoms with Crippen LogP contribution in [0.1, 0.15) is 26.3 Å². The van der Waals surface area contributed by atoms with Crippen LogP contribution in [0.2, 0.25) is 5.02 Å². The monoisotopic (exact) mass is 423 g/mol. The predicted octanol–water partition coefficient (Wildman–Crippen LogP) is 3.53. The number of pyridine rings is 1. The van der Waals surface area contributed by atoms with Crippen LogP contribution in [0.15, 0.2) is 60.8 Å². The molecule has 2 aromatic carbocycles. The van der Waals surface area contributed by atoms with Crippen LogP contribution in [0, 0.1) is 5.41 Å². The SMILES string of the molecule is COc1ccc(NC(=O)c2ccc(C(=N)N)cc2)c(C(=O)Nc2ccc(Cl)cn2)c1. The molecule has 0 spiro atoms. The molecule has 0 saturated carbocycles. The van der Waals surface area contributed by atoms with E-state index in [-0.39, 0.29) is 11.4 Å². The Balaban J connectivity index is 1.85. The van der Waals surface area contributed by atoms with Gasteiger partial charge in [-0.25, -0.2) is 4.98 Å². The minimum absolute atomic E-state index is 0.0909. The summed E-state index contributed by atoms with van der Waals surface area (Å²) in [6.45, 7) is 0. The summed E-state index contributed by atoms with van der Waals surface area (Å²) in [7, 11) is 1.48. The molecule has 0 aliphatic carbocycles. The van der Waals surface area contributed by atoms with Crippen LogP contribution in [0.25, 0.3) is 0 Å². The maximum absolute atomic E-state index is 12.8. The van der Waals surface area contributed by atoms with E-state index in [2.05, 4.69) is 15.6 Å². The summed E-state index contributed by atoms with van der Waals surface area (Å²) in [5.41, 5.74) is 6.77. The number of ether oxygens (including phenoxy) is 1. The van der Waals surface area contributed by atoms with Crippen LogP contribution in [0.4, 0.5) is 11.5 Å². The van der Waals surface area contributed by atoms with Crippen molar-refractivity contribution in [3.05, 3.63) is 82.5 Å². The van der Waals surface area contributed by atoms with Crippen molar-refractivity contribution in [3.63, 3.8) is 0 Å². The molecule has 8 nitrogen and oxygen atoms in total. The number of nitrogens with one attached hydrogen (secondary N) is 3. The van der Waals surface area contributed by atoms with Gasteiger partial charge >= 0.3 is 0 Å². The van der Waals surface area contributed by atoms with Gasteiger partial charge in [0.15, 0.2) is 0 Å². The van der Waals surface area contributed by atoms with Gasteiger partial charge in [0.25, 0.3) is 11.8 Å². The lowest BCUT2D eigenvalue weighted by atomic mass is 10.1. The summed E-state index contributed by atoms with van der Waals surface area (Å²) in [6, 6.07) is 14.1. The molecule has 3 rings (SSSR count). The van der Waals surface area contributed by atoms with Gasteiger partial charge in [0.1, 0.15) is 17.4 Å². The maximum Gasteiger partial charge on any atom is 0.259 e. The van der Waals surface area contributed by atoms with Gasteiger partial charge in [0, 0.05) is 17.3 Å². The Hall–Kier alpha value is -3.91. The van der Waals surface area contributed by atoms with E-state index in [0.29, 0.717) is 33.4 Å². The van der Waals surface area contributed by atoms with Gasteiger partial charge in [-0.3, -0.25) is 15.0 Å². The number of benzene rings is 2. The van der Waals surface area contributed by atoms with E-state index < -0.39 is 11.8 Å². The van der Waals surface area contributed by atoms with Gasteiger partial charge in [0.2, 0.25) is 0 Å².